The number of carbonyl (C=O) groups excluding carboxylic acids is 1. The van der Waals surface area contributed by atoms with Crippen LogP contribution in [0.1, 0.15) is 33.4 Å². The highest BCUT2D eigenvalue weighted by Gasteiger charge is 2.51. The van der Waals surface area contributed by atoms with Crippen molar-refractivity contribution in [1.29, 1.82) is 0 Å². The van der Waals surface area contributed by atoms with E-state index in [4.69, 9.17) is 23.3 Å². The van der Waals surface area contributed by atoms with Gasteiger partial charge in [-0.25, -0.2) is 13.2 Å². The van der Waals surface area contributed by atoms with Crippen LogP contribution in [0.4, 0.5) is 0 Å². The number of H-pyrrole nitrogens is 1. The maximum absolute atomic E-state index is 13.3. The largest absolute Gasteiger partial charge is 0.695 e. The first-order valence-corrected chi connectivity index (χ1v) is 15.5. The van der Waals surface area contributed by atoms with Crippen LogP contribution in [0.5, 0.6) is 0 Å². The average Bonchev–Trinajstić information content (AvgIpc) is 3.06. The summed E-state index contributed by atoms with van der Waals surface area (Å²) in [6.07, 6.45) is -3.76. The highest BCUT2D eigenvalue weighted by atomic mass is 32.2. The number of methoxy groups -OCH3 is 1. The maximum Gasteiger partial charge on any atom is 0.695 e. The summed E-state index contributed by atoms with van der Waals surface area (Å²) in [5.74, 6) is -0.685. The first-order valence-electron chi connectivity index (χ1n) is 10.7. The molecule has 2 heterocycles. The van der Waals surface area contributed by atoms with Gasteiger partial charge in [-0.05, 0) is 27.2 Å². The van der Waals surface area contributed by atoms with Gasteiger partial charge in [-0.1, -0.05) is 0 Å². The summed E-state index contributed by atoms with van der Waals surface area (Å²) < 4.78 is 77.5. The Balaban J connectivity index is 2.28. The molecule has 0 spiro atoms. The van der Waals surface area contributed by atoms with Crippen molar-refractivity contribution >= 4 is 31.8 Å². The summed E-state index contributed by atoms with van der Waals surface area (Å²) in [6, 6.07) is 1.05. The van der Waals surface area contributed by atoms with Crippen molar-refractivity contribution in [2.45, 2.75) is 51.7 Å². The van der Waals surface area contributed by atoms with Crippen LogP contribution in [0.3, 0.4) is 0 Å². The molecule has 6 atom stereocenters. The van der Waals surface area contributed by atoms with Crippen LogP contribution in [0.2, 0.25) is 0 Å². The molecule has 2 rings (SSSR count). The lowest BCUT2D eigenvalue weighted by atomic mass is 9.98. The van der Waals surface area contributed by atoms with Gasteiger partial charge in [0.2, 0.25) is 10.0 Å². The van der Waals surface area contributed by atoms with Gasteiger partial charge in [-0.15, -0.1) is 13.9 Å². The lowest BCUT2D eigenvalue weighted by Crippen LogP contribution is -2.39. The smallest absolute Gasteiger partial charge is 0.438 e. The van der Waals surface area contributed by atoms with Crippen molar-refractivity contribution in [2.24, 2.45) is 5.41 Å². The van der Waals surface area contributed by atoms with Crippen molar-refractivity contribution in [3.63, 3.8) is 0 Å². The molecule has 3 N–H and O–H groups in total. The van der Waals surface area contributed by atoms with E-state index in [1.807, 2.05) is 9.48 Å². The number of carbonyl (C=O) groups is 1. The predicted molar refractivity (Wildman–Crippen MR) is 127 cm³/mol. The highest BCUT2D eigenvalue weighted by molar-refractivity contribution is 7.94. The van der Waals surface area contributed by atoms with Gasteiger partial charge in [-0.3, -0.25) is 28.2 Å². The summed E-state index contributed by atoms with van der Waals surface area (Å²) >= 11 is 0. The number of sulfonamides is 1. The number of nitrogens with zero attached hydrogens (tertiary/aromatic N) is 1. The van der Waals surface area contributed by atoms with E-state index < -0.39 is 85.9 Å². The summed E-state index contributed by atoms with van der Waals surface area (Å²) in [5, 5.41) is 0. The third-order valence-electron chi connectivity index (χ3n) is 4.97. The van der Waals surface area contributed by atoms with Gasteiger partial charge in [0.1, 0.15) is 6.10 Å². The summed E-state index contributed by atoms with van der Waals surface area (Å²) in [7, 11) is -10.3. The fourth-order valence-corrected chi connectivity index (χ4v) is 7.35. The normalized spacial score (nSPS) is 24.4. The molecule has 0 radical (unpaired) electrons. The minimum absolute atomic E-state index is 0.282. The molecular formula is C18H30N3O13P2S+. The van der Waals surface area contributed by atoms with Crippen LogP contribution in [-0.4, -0.2) is 73.5 Å². The topological polar surface area (TPSA) is 219 Å². The molecule has 37 heavy (non-hydrogen) atoms. The Kier molecular flexibility index (Phi) is 10.5. The number of hydrogen-bond donors (Lipinski definition) is 3. The maximum atomic E-state index is 13.3. The molecule has 0 aromatic carbocycles. The Morgan fingerprint density at radius 3 is 2.49 bits per heavy atom. The van der Waals surface area contributed by atoms with Gasteiger partial charge in [-0.2, -0.15) is 0 Å². The van der Waals surface area contributed by atoms with Crippen LogP contribution in [0, 0.1) is 5.41 Å². The first-order chi connectivity index (χ1) is 17.0. The summed E-state index contributed by atoms with van der Waals surface area (Å²) in [6.45, 7) is 3.90. The second-order valence-electron chi connectivity index (χ2n) is 9.07. The molecule has 0 aliphatic carbocycles. The summed E-state index contributed by atoms with van der Waals surface area (Å²) in [5.41, 5.74) is -2.43. The molecule has 1 fully saturated rings. The molecule has 0 amide bonds. The minimum Gasteiger partial charge on any atom is -0.438 e. The van der Waals surface area contributed by atoms with Gasteiger partial charge >= 0.3 is 19.9 Å². The molecule has 1 aromatic rings. The van der Waals surface area contributed by atoms with Gasteiger partial charge in [0.05, 0.1) is 17.8 Å². The minimum atomic E-state index is -4.24. The van der Waals surface area contributed by atoms with E-state index in [2.05, 4.69) is 0 Å². The quantitative estimate of drug-likeness (QED) is 0.168. The zero-order valence-corrected chi connectivity index (χ0v) is 23.3. The Bertz CT molecular complexity index is 1260. The first kappa shape index (κ1) is 31.4. The third-order valence-corrected chi connectivity index (χ3v) is 9.20. The number of aromatic nitrogens is 2. The van der Waals surface area contributed by atoms with Gasteiger partial charge < -0.3 is 14.2 Å². The zero-order chi connectivity index (χ0) is 28.2. The number of esters is 1. The van der Waals surface area contributed by atoms with Crippen molar-refractivity contribution in [2.75, 3.05) is 26.3 Å². The third kappa shape index (κ3) is 9.16. The Morgan fingerprint density at radius 2 is 1.97 bits per heavy atom. The monoisotopic (exact) mass is 590 g/mol. The fourth-order valence-electron chi connectivity index (χ4n) is 3.34. The molecule has 1 aliphatic heterocycles. The van der Waals surface area contributed by atoms with Crippen molar-refractivity contribution in [3.05, 3.63) is 33.1 Å². The van der Waals surface area contributed by atoms with Crippen molar-refractivity contribution in [1.82, 2.24) is 14.0 Å². The number of nitrogens with one attached hydrogen (secondary N) is 2. The Hall–Kier alpha value is -1.81. The molecule has 4 unspecified atom stereocenters. The van der Waals surface area contributed by atoms with E-state index in [-0.39, 0.29) is 6.42 Å². The molecule has 19 heteroatoms. The van der Waals surface area contributed by atoms with E-state index in [1.54, 1.807) is 20.8 Å². The predicted octanol–water partition coefficient (Wildman–Crippen LogP) is 0.180. The number of hydrogen-bond acceptors (Lipinski definition) is 12. The molecule has 210 valence electrons. The van der Waals surface area contributed by atoms with Crippen LogP contribution in [-0.2, 0) is 47.2 Å². The molecule has 1 aliphatic rings. The summed E-state index contributed by atoms with van der Waals surface area (Å²) in [4.78, 5) is 47.0. The number of aromatic amines is 1. The Labute approximate surface area is 213 Å². The van der Waals surface area contributed by atoms with E-state index >= 15 is 0 Å². The number of ether oxygens (including phenoxy) is 3. The van der Waals surface area contributed by atoms with E-state index in [9.17, 15) is 36.8 Å². The number of rotatable bonds is 12. The molecule has 1 saturated heterocycles. The van der Waals surface area contributed by atoms with Crippen LogP contribution in [0.25, 0.3) is 0 Å². The second-order valence-corrected chi connectivity index (χ2v) is 14.1. The average molecular weight is 590 g/mol. The van der Waals surface area contributed by atoms with E-state index in [0.717, 1.165) is 23.1 Å². The van der Waals surface area contributed by atoms with Crippen LogP contribution < -0.4 is 15.7 Å². The lowest BCUT2D eigenvalue weighted by Gasteiger charge is -2.22. The lowest BCUT2D eigenvalue weighted by molar-refractivity contribution is -0.159. The van der Waals surface area contributed by atoms with E-state index in [0.29, 0.717) is 0 Å². The Morgan fingerprint density at radius 1 is 1.32 bits per heavy atom. The molecule has 16 nitrogen and oxygen atoms in total. The highest BCUT2D eigenvalue weighted by Crippen LogP contribution is 2.46. The van der Waals surface area contributed by atoms with Gasteiger partial charge in [0.15, 0.2) is 19.1 Å². The molecular weight excluding hydrogens is 560 g/mol. The van der Waals surface area contributed by atoms with Crippen LogP contribution in [0.15, 0.2) is 21.9 Å². The van der Waals surface area contributed by atoms with Crippen molar-refractivity contribution < 1.29 is 50.5 Å². The van der Waals surface area contributed by atoms with E-state index in [1.165, 1.54) is 7.11 Å². The zero-order valence-electron chi connectivity index (χ0n) is 20.7. The fraction of sp³-hybridized carbons (Fsp3) is 0.722. The molecule has 1 aromatic heterocycles. The molecule has 0 bridgehead atoms. The standard InChI is InChI=1S/C18H29N3O13P2S/c1-18(2,3)16(23)31-10-32-36(27,20-37(5,28)29)9-7-11-13(34-35(25)26)14(30-4)15(33-11)21-8-6-12(22)19-17(21)24/h6,8,11,13-15H,7,9-10H2,1-5H3,(H2-,19,20,22,24,25,26,27)/p+1/t11-,13?,14?,15-,36?/m1/s1. The SMILES string of the molecule is COC1C(O[P+](=O)O)[C@@H](CCP(=O)(NS(C)(=O)=O)OCOC(=O)C(C)(C)C)O[C@H]1n1ccc(=O)[nH]c1=O. The van der Waals surface area contributed by atoms with Crippen LogP contribution >= 0.6 is 15.8 Å². The molecule has 0 saturated carbocycles. The second kappa shape index (κ2) is 12.4. The van der Waals surface area contributed by atoms with Crippen molar-refractivity contribution in [3.8, 4) is 0 Å². The van der Waals surface area contributed by atoms with Gasteiger partial charge in [0, 0.05) is 30.1 Å². The van der Waals surface area contributed by atoms with Gasteiger partial charge in [0.25, 0.3) is 13.1 Å².